The van der Waals surface area contributed by atoms with Gasteiger partial charge in [0.2, 0.25) is 0 Å². The van der Waals surface area contributed by atoms with Crippen LogP contribution >= 0.6 is 0 Å². The fourth-order valence-electron chi connectivity index (χ4n) is 2.71. The number of hydrogen-bond acceptors (Lipinski definition) is 5. The van der Waals surface area contributed by atoms with Crippen LogP contribution in [0.2, 0.25) is 0 Å². The van der Waals surface area contributed by atoms with E-state index in [-0.39, 0.29) is 19.1 Å². The van der Waals surface area contributed by atoms with Gasteiger partial charge in [-0.25, -0.2) is 9.59 Å². The van der Waals surface area contributed by atoms with Crippen molar-refractivity contribution in [3.63, 3.8) is 0 Å². The summed E-state index contributed by atoms with van der Waals surface area (Å²) in [6, 6.07) is 8.88. The first-order valence-electron chi connectivity index (χ1n) is 8.49. The van der Waals surface area contributed by atoms with Gasteiger partial charge in [0.25, 0.3) is 0 Å². The number of nitrogens with zero attached hydrogens (tertiary/aromatic N) is 1. The summed E-state index contributed by atoms with van der Waals surface area (Å²) < 4.78 is 10.5. The van der Waals surface area contributed by atoms with Crippen molar-refractivity contribution in [3.05, 3.63) is 47.2 Å². The van der Waals surface area contributed by atoms with Crippen molar-refractivity contribution in [2.24, 2.45) is 5.92 Å². The topological polar surface area (TPSA) is 65.1 Å². The monoisotopic (exact) mass is 347 g/mol. The van der Waals surface area contributed by atoms with Gasteiger partial charge in [-0.3, -0.25) is 0 Å². The van der Waals surface area contributed by atoms with Gasteiger partial charge < -0.3 is 14.3 Å². The number of carbonyl (C=O) groups is 2. The first-order valence-corrected chi connectivity index (χ1v) is 8.49. The van der Waals surface area contributed by atoms with E-state index >= 15 is 0 Å². The predicted octanol–water partition coefficient (Wildman–Crippen LogP) is 3.82. The van der Waals surface area contributed by atoms with Crippen molar-refractivity contribution >= 4 is 12.1 Å². The summed E-state index contributed by atoms with van der Waals surface area (Å²) in [7, 11) is 0. The van der Waals surface area contributed by atoms with Crippen molar-refractivity contribution in [1.82, 2.24) is 5.06 Å². The molecule has 1 aromatic carbocycles. The van der Waals surface area contributed by atoms with Crippen LogP contribution in [0.15, 0.2) is 41.7 Å². The first kappa shape index (κ1) is 18.8. The third-order valence-corrected chi connectivity index (χ3v) is 3.81. The Hall–Kier alpha value is -2.50. The molecular formula is C19H25NO5. The molecule has 6 heteroatoms. The number of ether oxygens (including phenoxy) is 2. The van der Waals surface area contributed by atoms with Crippen LogP contribution < -0.4 is 0 Å². The van der Waals surface area contributed by atoms with Crippen LogP contribution in [0.25, 0.3) is 0 Å². The normalized spacial score (nSPS) is 16.8. The zero-order valence-corrected chi connectivity index (χ0v) is 15.2. The van der Waals surface area contributed by atoms with Crippen LogP contribution in [-0.2, 0) is 25.7 Å². The number of amides is 1. The maximum atomic E-state index is 12.5. The molecule has 0 radical (unpaired) electrons. The SMILES string of the molecule is CCOC(=O)C1=C(C)ON(C(=O)OCc2ccccc2)C1CC(C)C. The predicted molar refractivity (Wildman–Crippen MR) is 92.1 cm³/mol. The highest BCUT2D eigenvalue weighted by molar-refractivity contribution is 5.91. The van der Waals surface area contributed by atoms with E-state index in [0.29, 0.717) is 17.8 Å². The molecule has 0 aliphatic carbocycles. The lowest BCUT2D eigenvalue weighted by Crippen LogP contribution is -2.39. The maximum Gasteiger partial charge on any atom is 0.444 e. The van der Waals surface area contributed by atoms with Gasteiger partial charge in [-0.2, -0.15) is 0 Å². The number of rotatable bonds is 6. The number of allylic oxidation sites excluding steroid dienone is 1. The molecular weight excluding hydrogens is 322 g/mol. The molecule has 0 saturated heterocycles. The van der Waals surface area contributed by atoms with Gasteiger partial charge in [0, 0.05) is 0 Å². The molecule has 1 unspecified atom stereocenters. The van der Waals surface area contributed by atoms with E-state index in [4.69, 9.17) is 14.3 Å². The van der Waals surface area contributed by atoms with E-state index in [9.17, 15) is 9.59 Å². The average molecular weight is 347 g/mol. The molecule has 6 nitrogen and oxygen atoms in total. The molecule has 0 bridgehead atoms. The van der Waals surface area contributed by atoms with Crippen molar-refractivity contribution in [2.75, 3.05) is 6.61 Å². The third kappa shape index (κ3) is 4.75. The van der Waals surface area contributed by atoms with Crippen LogP contribution in [0.4, 0.5) is 4.79 Å². The Kier molecular flexibility index (Phi) is 6.44. The molecule has 136 valence electrons. The first-order chi connectivity index (χ1) is 11.9. The average Bonchev–Trinajstić information content (AvgIpc) is 2.89. The summed E-state index contributed by atoms with van der Waals surface area (Å²) in [6.07, 6.45) is -0.0421. The highest BCUT2D eigenvalue weighted by Gasteiger charge is 2.42. The van der Waals surface area contributed by atoms with Gasteiger partial charge in [0.05, 0.1) is 6.61 Å². The molecule has 1 aliphatic rings. The number of carbonyl (C=O) groups excluding carboxylic acids is 2. The molecule has 0 aromatic heterocycles. The Morgan fingerprint density at radius 2 is 1.88 bits per heavy atom. The molecule has 25 heavy (non-hydrogen) atoms. The van der Waals surface area contributed by atoms with Crippen LogP contribution in [0.1, 0.15) is 39.7 Å². The zero-order chi connectivity index (χ0) is 18.4. The molecule has 0 saturated carbocycles. The third-order valence-electron chi connectivity index (χ3n) is 3.81. The van der Waals surface area contributed by atoms with Gasteiger partial charge in [-0.1, -0.05) is 44.2 Å². The second-order valence-corrected chi connectivity index (χ2v) is 6.29. The Balaban J connectivity index is 2.10. The second-order valence-electron chi connectivity index (χ2n) is 6.29. The van der Waals surface area contributed by atoms with E-state index < -0.39 is 18.1 Å². The van der Waals surface area contributed by atoms with E-state index in [1.807, 2.05) is 44.2 Å². The number of hydrogen-bond donors (Lipinski definition) is 0. The van der Waals surface area contributed by atoms with E-state index in [0.717, 1.165) is 10.6 Å². The molecule has 1 aromatic rings. The smallest absolute Gasteiger partial charge is 0.444 e. The lowest BCUT2D eigenvalue weighted by Gasteiger charge is -2.24. The zero-order valence-electron chi connectivity index (χ0n) is 15.2. The molecule has 0 spiro atoms. The van der Waals surface area contributed by atoms with Crippen LogP contribution in [0.3, 0.4) is 0 Å². The Bertz CT molecular complexity index is 638. The lowest BCUT2D eigenvalue weighted by atomic mass is 9.97. The largest absolute Gasteiger partial charge is 0.462 e. The van der Waals surface area contributed by atoms with Crippen molar-refractivity contribution in [3.8, 4) is 0 Å². The number of esters is 1. The Morgan fingerprint density at radius 3 is 2.48 bits per heavy atom. The molecule has 1 aliphatic heterocycles. The summed E-state index contributed by atoms with van der Waals surface area (Å²) >= 11 is 0. The lowest BCUT2D eigenvalue weighted by molar-refractivity contribution is -0.139. The van der Waals surface area contributed by atoms with E-state index in [2.05, 4.69) is 0 Å². The fourth-order valence-corrected chi connectivity index (χ4v) is 2.71. The maximum absolute atomic E-state index is 12.5. The summed E-state index contributed by atoms with van der Waals surface area (Å²) in [5.74, 6) is 0.179. The Morgan fingerprint density at radius 1 is 1.20 bits per heavy atom. The van der Waals surface area contributed by atoms with Gasteiger partial charge in [-0.15, -0.1) is 5.06 Å². The minimum Gasteiger partial charge on any atom is -0.462 e. The highest BCUT2D eigenvalue weighted by Crippen LogP contribution is 2.32. The minimum atomic E-state index is -0.617. The minimum absolute atomic E-state index is 0.141. The van der Waals surface area contributed by atoms with Crippen molar-refractivity contribution in [1.29, 1.82) is 0 Å². The van der Waals surface area contributed by atoms with Crippen LogP contribution in [0.5, 0.6) is 0 Å². The van der Waals surface area contributed by atoms with E-state index in [1.54, 1.807) is 13.8 Å². The van der Waals surface area contributed by atoms with Crippen LogP contribution in [0, 0.1) is 5.92 Å². The van der Waals surface area contributed by atoms with Crippen molar-refractivity contribution < 1.29 is 23.9 Å². The molecule has 0 fully saturated rings. The van der Waals surface area contributed by atoms with Gasteiger partial charge in [-0.05, 0) is 31.7 Å². The van der Waals surface area contributed by atoms with Gasteiger partial charge in [0.15, 0.2) is 0 Å². The van der Waals surface area contributed by atoms with E-state index in [1.165, 1.54) is 0 Å². The van der Waals surface area contributed by atoms with Crippen molar-refractivity contribution in [2.45, 2.75) is 46.8 Å². The summed E-state index contributed by atoms with van der Waals surface area (Å²) in [6.45, 7) is 7.84. The summed E-state index contributed by atoms with van der Waals surface area (Å²) in [5, 5.41) is 1.14. The quantitative estimate of drug-likeness (QED) is 0.732. The summed E-state index contributed by atoms with van der Waals surface area (Å²) in [4.78, 5) is 30.3. The fraction of sp³-hybridized carbons (Fsp3) is 0.474. The summed E-state index contributed by atoms with van der Waals surface area (Å²) in [5.41, 5.74) is 1.26. The van der Waals surface area contributed by atoms with Gasteiger partial charge in [0.1, 0.15) is 24.0 Å². The number of benzene rings is 1. The molecule has 0 N–H and O–H groups in total. The van der Waals surface area contributed by atoms with Gasteiger partial charge >= 0.3 is 12.1 Å². The molecule has 1 heterocycles. The highest BCUT2D eigenvalue weighted by atomic mass is 16.7. The van der Waals surface area contributed by atoms with Crippen LogP contribution in [-0.4, -0.2) is 29.8 Å². The molecule has 1 amide bonds. The Labute approximate surface area is 148 Å². The molecule has 2 rings (SSSR count). The number of hydroxylamine groups is 2. The standard InChI is InChI=1S/C19H25NO5/c1-5-23-18(21)17-14(4)25-20(16(17)11-13(2)3)19(22)24-12-15-9-7-6-8-10-15/h6-10,13,16H,5,11-12H2,1-4H3. The molecule has 1 atom stereocenters. The second kappa shape index (κ2) is 8.55.